The van der Waals surface area contributed by atoms with Gasteiger partial charge < -0.3 is 10.6 Å². The van der Waals surface area contributed by atoms with E-state index in [2.05, 4.69) is 15.5 Å². The maximum absolute atomic E-state index is 13.0. The Morgan fingerprint density at radius 2 is 2.00 bits per heavy atom. The minimum absolute atomic E-state index is 0.000246. The Balaban J connectivity index is 1.62. The van der Waals surface area contributed by atoms with E-state index in [1.807, 2.05) is 6.92 Å². The van der Waals surface area contributed by atoms with Gasteiger partial charge in [-0.1, -0.05) is 12.5 Å². The quantitative estimate of drug-likeness (QED) is 0.749. The van der Waals surface area contributed by atoms with E-state index in [1.165, 1.54) is 6.07 Å². The highest BCUT2D eigenvalue weighted by molar-refractivity contribution is 7.89. The van der Waals surface area contributed by atoms with E-state index in [0.717, 1.165) is 52.0 Å². The number of carbonyl (C=O) groups excluding carboxylic acids is 1. The monoisotopic (exact) mass is 394 g/mol. The van der Waals surface area contributed by atoms with Crippen molar-refractivity contribution in [1.82, 2.24) is 19.8 Å². The first-order chi connectivity index (χ1) is 13.0. The summed E-state index contributed by atoms with van der Waals surface area (Å²) in [5, 5.41) is 6.20. The highest BCUT2D eigenvalue weighted by Gasteiger charge is 2.31. The van der Waals surface area contributed by atoms with Gasteiger partial charge in [0.2, 0.25) is 10.0 Å². The number of hydrogen-bond acceptors (Lipinski definition) is 5. The average Bonchev–Trinajstić information content (AvgIpc) is 2.69. The summed E-state index contributed by atoms with van der Waals surface area (Å²) in [5.41, 5.74) is 0.390. The van der Waals surface area contributed by atoms with E-state index in [1.54, 1.807) is 22.5 Å². The van der Waals surface area contributed by atoms with Crippen LogP contribution in [0, 0.1) is 0 Å². The Hall–Kier alpha value is -1.48. The predicted octanol–water partition coefficient (Wildman–Crippen LogP) is 0.885. The van der Waals surface area contributed by atoms with Gasteiger partial charge in [0.15, 0.2) is 0 Å². The summed E-state index contributed by atoms with van der Waals surface area (Å²) in [4.78, 5) is 15.0. The summed E-state index contributed by atoms with van der Waals surface area (Å²) in [6.07, 6.45) is 2.82. The maximum atomic E-state index is 13.0. The van der Waals surface area contributed by atoms with E-state index >= 15 is 0 Å². The number of amides is 1. The van der Waals surface area contributed by atoms with Crippen molar-refractivity contribution in [3.8, 4) is 0 Å². The minimum atomic E-state index is -3.57. The number of piperazine rings is 1. The highest BCUT2D eigenvalue weighted by Crippen LogP contribution is 2.25. The molecule has 27 heavy (non-hydrogen) atoms. The topological polar surface area (TPSA) is 81.8 Å². The van der Waals surface area contributed by atoms with Crippen LogP contribution < -0.4 is 10.6 Å². The van der Waals surface area contributed by atoms with Crippen LogP contribution in [-0.4, -0.2) is 75.4 Å². The molecule has 1 aromatic rings. The lowest BCUT2D eigenvalue weighted by molar-refractivity contribution is 0.0947. The number of nitrogens with one attached hydrogen (secondary N) is 2. The molecule has 1 atom stereocenters. The number of hydrogen-bond donors (Lipinski definition) is 2. The third-order valence-electron chi connectivity index (χ3n) is 5.37. The van der Waals surface area contributed by atoms with E-state index in [9.17, 15) is 13.2 Å². The Morgan fingerprint density at radius 1 is 1.22 bits per heavy atom. The van der Waals surface area contributed by atoms with E-state index in [-0.39, 0.29) is 16.8 Å². The largest absolute Gasteiger partial charge is 0.351 e. The van der Waals surface area contributed by atoms with Crippen LogP contribution in [0.3, 0.4) is 0 Å². The zero-order chi connectivity index (χ0) is 19.3. The Bertz CT molecular complexity index is 747. The van der Waals surface area contributed by atoms with E-state index in [0.29, 0.717) is 18.7 Å². The molecule has 7 nitrogen and oxygen atoms in total. The van der Waals surface area contributed by atoms with Gasteiger partial charge in [0.05, 0.1) is 4.90 Å². The van der Waals surface area contributed by atoms with Crippen LogP contribution in [0.2, 0.25) is 0 Å². The fraction of sp³-hybridized carbons (Fsp3) is 0.632. The molecule has 2 aliphatic heterocycles. The van der Waals surface area contributed by atoms with Gasteiger partial charge in [0.25, 0.3) is 5.91 Å². The lowest BCUT2D eigenvalue weighted by atomic mass is 10.1. The second kappa shape index (κ2) is 9.14. The van der Waals surface area contributed by atoms with Gasteiger partial charge >= 0.3 is 0 Å². The molecule has 8 heteroatoms. The van der Waals surface area contributed by atoms with Crippen molar-refractivity contribution in [3.05, 3.63) is 29.8 Å². The maximum Gasteiger partial charge on any atom is 0.251 e. The van der Waals surface area contributed by atoms with Crippen LogP contribution in [0.15, 0.2) is 29.2 Å². The minimum Gasteiger partial charge on any atom is -0.351 e. The number of carbonyl (C=O) groups is 1. The summed E-state index contributed by atoms with van der Waals surface area (Å²) in [6.45, 7) is 7.77. The molecule has 0 aromatic heterocycles. The van der Waals surface area contributed by atoms with Gasteiger partial charge in [-0.15, -0.1) is 0 Å². The molecule has 1 aromatic carbocycles. The molecular formula is C19H30N4O3S. The van der Waals surface area contributed by atoms with E-state index < -0.39 is 10.0 Å². The molecule has 1 unspecified atom stereocenters. The third-order valence-corrected chi connectivity index (χ3v) is 7.38. The molecule has 3 rings (SSSR count). The summed E-state index contributed by atoms with van der Waals surface area (Å²) >= 11 is 0. The Morgan fingerprint density at radius 3 is 2.74 bits per heavy atom. The van der Waals surface area contributed by atoms with Gasteiger partial charge in [-0.25, -0.2) is 8.42 Å². The number of nitrogens with zero attached hydrogens (tertiary/aromatic N) is 2. The third kappa shape index (κ3) is 5.07. The number of benzene rings is 1. The van der Waals surface area contributed by atoms with Crippen LogP contribution >= 0.6 is 0 Å². The predicted molar refractivity (Wildman–Crippen MR) is 105 cm³/mol. The standard InChI is InChI=1S/C19H30N4O3S/c1-16-5-2-3-11-23(16)27(25,26)18-7-4-6-17(15-18)19(24)21-10-14-22-12-8-20-9-13-22/h4,6-7,15-16,20H,2-3,5,8-14H2,1H3,(H,21,24). The first-order valence-corrected chi connectivity index (χ1v) is 11.3. The van der Waals surface area contributed by atoms with Gasteiger partial charge in [0.1, 0.15) is 0 Å². The summed E-state index contributed by atoms with van der Waals surface area (Å²) in [6, 6.07) is 6.39. The van der Waals surface area contributed by atoms with Crippen molar-refractivity contribution in [3.63, 3.8) is 0 Å². The summed E-state index contributed by atoms with van der Waals surface area (Å²) in [5.74, 6) is -0.228. The van der Waals surface area contributed by atoms with Gasteiger partial charge in [-0.05, 0) is 38.0 Å². The van der Waals surface area contributed by atoms with E-state index in [4.69, 9.17) is 0 Å². The molecule has 2 aliphatic rings. The highest BCUT2D eigenvalue weighted by atomic mass is 32.2. The number of piperidine rings is 1. The number of rotatable bonds is 6. The molecule has 0 bridgehead atoms. The normalized spacial score (nSPS) is 22.5. The first-order valence-electron chi connectivity index (χ1n) is 9.81. The Labute approximate surface area is 162 Å². The molecule has 150 valence electrons. The lowest BCUT2D eigenvalue weighted by Crippen LogP contribution is -2.46. The van der Waals surface area contributed by atoms with Crippen molar-refractivity contribution in [1.29, 1.82) is 0 Å². The molecule has 0 aliphatic carbocycles. The zero-order valence-electron chi connectivity index (χ0n) is 16.0. The van der Waals surface area contributed by atoms with Gasteiger partial charge in [-0.3, -0.25) is 9.69 Å². The van der Waals surface area contributed by atoms with Crippen molar-refractivity contribution in [2.45, 2.75) is 37.1 Å². The van der Waals surface area contributed by atoms with Gasteiger partial charge in [0, 0.05) is 57.4 Å². The fourth-order valence-electron chi connectivity index (χ4n) is 3.73. The molecule has 2 heterocycles. The van der Waals surface area contributed by atoms with Crippen molar-refractivity contribution >= 4 is 15.9 Å². The second-order valence-electron chi connectivity index (χ2n) is 7.34. The van der Waals surface area contributed by atoms with Crippen molar-refractivity contribution < 1.29 is 13.2 Å². The second-order valence-corrected chi connectivity index (χ2v) is 9.23. The summed E-state index contributed by atoms with van der Waals surface area (Å²) in [7, 11) is -3.57. The van der Waals surface area contributed by atoms with Crippen molar-refractivity contribution in [2.24, 2.45) is 0 Å². The first kappa shape index (κ1) is 20.3. The van der Waals surface area contributed by atoms with Crippen LogP contribution in [0.1, 0.15) is 36.5 Å². The Kier molecular flexibility index (Phi) is 6.86. The smallest absolute Gasteiger partial charge is 0.251 e. The average molecular weight is 395 g/mol. The molecule has 0 spiro atoms. The molecule has 0 radical (unpaired) electrons. The summed E-state index contributed by atoms with van der Waals surface area (Å²) < 4.78 is 27.5. The molecule has 0 saturated carbocycles. The lowest BCUT2D eigenvalue weighted by Gasteiger charge is -2.32. The molecule has 2 saturated heterocycles. The van der Waals surface area contributed by atoms with Crippen LogP contribution in [0.5, 0.6) is 0 Å². The fourth-order valence-corrected chi connectivity index (χ4v) is 5.47. The molecule has 1 amide bonds. The molecule has 2 fully saturated rings. The van der Waals surface area contributed by atoms with Crippen LogP contribution in [0.25, 0.3) is 0 Å². The van der Waals surface area contributed by atoms with Crippen LogP contribution in [0.4, 0.5) is 0 Å². The number of sulfonamides is 1. The van der Waals surface area contributed by atoms with Crippen molar-refractivity contribution in [2.75, 3.05) is 45.8 Å². The van der Waals surface area contributed by atoms with Gasteiger partial charge in [-0.2, -0.15) is 4.31 Å². The zero-order valence-corrected chi connectivity index (χ0v) is 16.8. The molecule has 2 N–H and O–H groups in total. The molecular weight excluding hydrogens is 364 g/mol. The SMILES string of the molecule is CC1CCCCN1S(=O)(=O)c1cccc(C(=O)NCCN2CCNCC2)c1. The van der Waals surface area contributed by atoms with Crippen LogP contribution in [-0.2, 0) is 10.0 Å².